The Hall–Kier alpha value is -5.16. The maximum Gasteiger partial charge on any atom is 0.355 e. The number of sulfonamides is 1. The number of para-hydroxylation sites is 3. The molecule has 5 aromatic rings. The fraction of sp³-hybridized carbons (Fsp3) is 0.469. The molecule has 34 heteroatoms. The number of carbonyl (C=O) groups is 3. The number of hydrogen-bond acceptors (Lipinski definition) is 16. The monoisotopic (exact) mass is 1330 g/mol. The van der Waals surface area contributed by atoms with E-state index in [0.29, 0.717) is 35.5 Å². The van der Waals surface area contributed by atoms with Crippen LogP contribution in [0.5, 0.6) is 5.75 Å². The molecule has 0 fully saturated rings. The normalized spacial score (nSPS) is 13.2. The number of aryl methyl sites for hydroxylation is 3. The quantitative estimate of drug-likeness (QED) is 0.0317. The lowest BCUT2D eigenvalue weighted by molar-refractivity contribution is -0.135. The van der Waals surface area contributed by atoms with Crippen LogP contribution in [0.3, 0.4) is 0 Å². The van der Waals surface area contributed by atoms with Gasteiger partial charge >= 0.3 is 25.8 Å². The fourth-order valence-corrected chi connectivity index (χ4v) is 9.22. The summed E-state index contributed by atoms with van der Waals surface area (Å²) in [4.78, 5) is 76.7. The van der Waals surface area contributed by atoms with Gasteiger partial charge in [-0.2, -0.15) is 28.4 Å². The van der Waals surface area contributed by atoms with E-state index in [-0.39, 0.29) is 72.4 Å². The number of alkyl halides is 5. The summed E-state index contributed by atoms with van der Waals surface area (Å²) in [6.45, 7) is 15.4. The molecule has 2 aromatic heterocycles. The van der Waals surface area contributed by atoms with Gasteiger partial charge in [0.25, 0.3) is 5.91 Å². The van der Waals surface area contributed by atoms with E-state index in [1.807, 2.05) is 84.9 Å². The molecule has 0 radical (unpaired) electrons. The van der Waals surface area contributed by atoms with Crippen LogP contribution in [0.15, 0.2) is 59.4 Å². The Balaban J connectivity index is 0.000000362. The molecule has 2 atom stereocenters. The second-order valence-corrected chi connectivity index (χ2v) is 24.5. The molecule has 1 aliphatic heterocycles. The smallest absolute Gasteiger partial charge is 0.355 e. The standard InChI is InChI=1S/C15H22ClNO2.C11H10Cl2F2N4O3S.C11H11Cl2NO2.C9H16ClN5.C3H8NO5P/c1-5-13-8-6-7-11(2)15(13)17(14(18)9-16)12(3)10-19-4;1-5-16-19(11(20)18(5)10(14)15)9-4-8(17-23(2,21)22)6(12)3-7(9)13;1-7-6-16-9-5-3-2-4-8(9)14(7)11(15)10(12)13;1-5-11-7-12-6(10)13-8(14-7)15-9(2,3)4;5-3(6)1-4-2-10(7,8)9/h6-8,12H,5,9-10H2,1-4H3;3-4,10,17H,1-2H3;2-5,7,10H,6H2,1H3;5H2,1-4H3,(H2,11,12,13,14,15);4H,1-2H2,(H,5,6)(H2,7,8,9). The minimum atomic E-state index is -4.10. The van der Waals surface area contributed by atoms with Crippen molar-refractivity contribution in [1.82, 2.24) is 34.6 Å². The Morgan fingerprint density at radius 1 is 0.976 bits per heavy atom. The van der Waals surface area contributed by atoms with Gasteiger partial charge in [-0.15, -0.1) is 16.7 Å². The van der Waals surface area contributed by atoms with Gasteiger partial charge in [0.1, 0.15) is 24.1 Å². The number of halogens is 8. The number of anilines is 5. The van der Waals surface area contributed by atoms with E-state index in [4.69, 9.17) is 94.0 Å². The topological polar surface area (TPSA) is 315 Å². The SMILES string of the molecule is CC1COc2ccccc2N1C(=O)C(Cl)Cl.CCNc1nc(Cl)nc(NC(C)(C)C)n1.CCc1cccc(C)c1N(C(=O)CCl)C(C)COC.Cc1nn(-c2cc(NS(C)(=O)=O)c(Cl)cc2Cl)c(=O)n1C(F)F.O=C(O)CNCP(=O)(O)O. The molecule has 1 aliphatic rings. The number of rotatable bonds is 18. The van der Waals surface area contributed by atoms with E-state index in [1.54, 1.807) is 16.9 Å². The molecule has 24 nitrogen and oxygen atoms in total. The highest BCUT2D eigenvalue weighted by Crippen LogP contribution is 2.36. The van der Waals surface area contributed by atoms with Crippen molar-refractivity contribution in [3.63, 3.8) is 0 Å². The molecule has 0 bridgehead atoms. The molecular formula is C49H67Cl6F2N12O12PS. The van der Waals surface area contributed by atoms with Gasteiger partial charge in [0.2, 0.25) is 33.1 Å². The maximum absolute atomic E-state index is 12.8. The molecule has 0 saturated carbocycles. The zero-order chi connectivity index (χ0) is 63.3. The fourth-order valence-electron chi connectivity index (χ4n) is 7.19. The van der Waals surface area contributed by atoms with Crippen molar-refractivity contribution in [2.75, 3.05) is 77.0 Å². The number of carbonyl (C=O) groups excluding carboxylic acids is 2. The molecule has 3 heterocycles. The second kappa shape index (κ2) is 34.1. The van der Waals surface area contributed by atoms with Gasteiger partial charge in [-0.05, 0) is 109 Å². The van der Waals surface area contributed by atoms with Crippen molar-refractivity contribution in [3.05, 3.63) is 97.4 Å². The van der Waals surface area contributed by atoms with Crippen LogP contribution >= 0.6 is 77.2 Å². The highest BCUT2D eigenvalue weighted by atomic mass is 35.5. The summed E-state index contributed by atoms with van der Waals surface area (Å²) in [5, 5.41) is 20.0. The van der Waals surface area contributed by atoms with Crippen LogP contribution in [0.1, 0.15) is 72.0 Å². The third kappa shape index (κ3) is 24.8. The molecule has 7 N–H and O–H groups in total. The number of amides is 2. The van der Waals surface area contributed by atoms with E-state index in [0.717, 1.165) is 47.8 Å². The Morgan fingerprint density at radius 2 is 1.60 bits per heavy atom. The second-order valence-electron chi connectivity index (χ2n) is 18.6. The van der Waals surface area contributed by atoms with Crippen molar-refractivity contribution in [2.24, 2.45) is 0 Å². The number of hydrogen-bond donors (Lipinski definition) is 7. The van der Waals surface area contributed by atoms with Gasteiger partial charge in [0.15, 0.2) is 4.84 Å². The molecule has 462 valence electrons. The van der Waals surface area contributed by atoms with Crippen LogP contribution in [-0.2, 0) is 40.1 Å². The summed E-state index contributed by atoms with van der Waals surface area (Å²) < 4.78 is 72.0. The van der Waals surface area contributed by atoms with Gasteiger partial charge in [0, 0.05) is 19.2 Å². The first-order valence-corrected chi connectivity index (χ1v) is 30.9. The predicted octanol–water partition coefficient (Wildman–Crippen LogP) is 9.15. The third-order valence-electron chi connectivity index (χ3n) is 10.4. The maximum atomic E-state index is 12.8. The van der Waals surface area contributed by atoms with Crippen molar-refractivity contribution in [1.29, 1.82) is 0 Å². The lowest BCUT2D eigenvalue weighted by atomic mass is 10.0. The first-order valence-electron chi connectivity index (χ1n) is 24.6. The average molecular weight is 1330 g/mol. The number of methoxy groups -OCH3 is 1. The Morgan fingerprint density at radius 3 is 2.12 bits per heavy atom. The number of carboxylic acid groups (broad SMARTS) is 1. The zero-order valence-electron chi connectivity index (χ0n) is 46.9. The summed E-state index contributed by atoms with van der Waals surface area (Å²) in [5.41, 5.74) is 2.56. The Kier molecular flexibility index (Phi) is 30.4. The zero-order valence-corrected chi connectivity index (χ0v) is 53.2. The summed E-state index contributed by atoms with van der Waals surface area (Å²) in [7, 11) is -6.11. The largest absolute Gasteiger partial charge is 0.489 e. The molecule has 6 rings (SSSR count). The van der Waals surface area contributed by atoms with E-state index in [2.05, 4.69) is 53.7 Å². The van der Waals surface area contributed by atoms with E-state index < -0.39 is 53.5 Å². The van der Waals surface area contributed by atoms with Crippen LogP contribution < -0.4 is 40.9 Å². The first-order chi connectivity index (χ1) is 38.5. The van der Waals surface area contributed by atoms with Gasteiger partial charge in [-0.25, -0.2) is 17.8 Å². The number of nitrogens with zero attached hydrogens (tertiary/aromatic N) is 8. The molecular weight excluding hydrogens is 1260 g/mol. The minimum Gasteiger partial charge on any atom is -0.489 e. The summed E-state index contributed by atoms with van der Waals surface area (Å²) in [6, 6.07) is 15.6. The van der Waals surface area contributed by atoms with Gasteiger partial charge in [-0.3, -0.25) is 29.0 Å². The highest BCUT2D eigenvalue weighted by Gasteiger charge is 2.32. The number of fused-ring (bicyclic) bond motifs is 1. The average Bonchev–Trinajstić information content (AvgIpc) is 3.40. The number of aliphatic carboxylic acids is 1. The summed E-state index contributed by atoms with van der Waals surface area (Å²) >= 11 is 34.6. The van der Waals surface area contributed by atoms with Crippen LogP contribution in [0.2, 0.25) is 15.3 Å². The van der Waals surface area contributed by atoms with Gasteiger partial charge in [-0.1, -0.05) is 83.7 Å². The van der Waals surface area contributed by atoms with Crippen LogP contribution in [-0.4, -0.2) is 145 Å². The predicted molar refractivity (Wildman–Crippen MR) is 322 cm³/mol. The van der Waals surface area contributed by atoms with Gasteiger partial charge < -0.3 is 44.8 Å². The number of benzene rings is 3. The Bertz CT molecular complexity index is 3200. The summed E-state index contributed by atoms with van der Waals surface area (Å²) in [5.74, 6) is -0.138. The van der Waals surface area contributed by atoms with Gasteiger partial charge in [0.05, 0.1) is 70.6 Å². The molecule has 0 aliphatic carbocycles. The molecule has 0 spiro atoms. The van der Waals surface area contributed by atoms with E-state index in [9.17, 15) is 40.9 Å². The molecule has 2 unspecified atom stereocenters. The molecule has 83 heavy (non-hydrogen) atoms. The number of aromatic nitrogens is 6. The lowest BCUT2D eigenvalue weighted by Gasteiger charge is -2.35. The molecule has 2 amide bonds. The Labute approximate surface area is 509 Å². The van der Waals surface area contributed by atoms with Crippen molar-refractivity contribution >= 4 is 134 Å². The van der Waals surface area contributed by atoms with Crippen LogP contribution in [0.25, 0.3) is 5.69 Å². The van der Waals surface area contributed by atoms with Crippen LogP contribution in [0, 0.1) is 13.8 Å². The molecule has 0 saturated heterocycles. The third-order valence-corrected chi connectivity index (χ3v) is 13.0. The van der Waals surface area contributed by atoms with Crippen molar-refractivity contribution in [3.8, 4) is 11.4 Å². The first kappa shape index (κ1) is 73.9. The van der Waals surface area contributed by atoms with E-state index >= 15 is 0 Å². The lowest BCUT2D eigenvalue weighted by Crippen LogP contribution is -2.47. The van der Waals surface area contributed by atoms with E-state index in [1.165, 1.54) is 13.0 Å². The van der Waals surface area contributed by atoms with Crippen LogP contribution in [0.4, 0.5) is 37.7 Å². The minimum absolute atomic E-state index is 0.0223. The highest BCUT2D eigenvalue weighted by molar-refractivity contribution is 7.92. The van der Waals surface area contributed by atoms with Crippen molar-refractivity contribution in [2.45, 2.75) is 97.7 Å². The number of carboxylic acids is 1. The van der Waals surface area contributed by atoms with Crippen molar-refractivity contribution < 1.29 is 60.5 Å². The number of ether oxygens (including phenoxy) is 2. The summed E-state index contributed by atoms with van der Waals surface area (Å²) in [6.07, 6.45) is 1.18. The number of nitrogens with one attached hydrogen (secondary N) is 4. The molecule has 3 aromatic carbocycles.